The van der Waals surface area contributed by atoms with Crippen molar-refractivity contribution in [2.45, 2.75) is 30.0 Å². The molecule has 5 nitrogen and oxygen atoms in total. The Labute approximate surface area is 146 Å². The highest BCUT2D eigenvalue weighted by molar-refractivity contribution is 7.98. The Morgan fingerprint density at radius 3 is 2.56 bits per heavy atom. The van der Waals surface area contributed by atoms with Crippen LogP contribution in [-0.2, 0) is 0 Å². The van der Waals surface area contributed by atoms with E-state index in [4.69, 9.17) is 4.74 Å². The molecule has 0 aromatic carbocycles. The fourth-order valence-corrected chi connectivity index (χ4v) is 2.99. The molecule has 1 fully saturated rings. The van der Waals surface area contributed by atoms with Crippen LogP contribution in [0.3, 0.4) is 0 Å². The van der Waals surface area contributed by atoms with Crippen molar-refractivity contribution in [1.29, 1.82) is 0 Å². The molecule has 0 saturated heterocycles. The fourth-order valence-electron chi connectivity index (χ4n) is 2.42. The summed E-state index contributed by atoms with van der Waals surface area (Å²) in [5.41, 5.74) is 0.197. The second-order valence-corrected chi connectivity index (χ2v) is 6.31. The van der Waals surface area contributed by atoms with Crippen LogP contribution in [0.25, 0.3) is 17.0 Å². The Morgan fingerprint density at radius 1 is 1.28 bits per heavy atom. The number of halogens is 3. The highest BCUT2D eigenvalue weighted by Crippen LogP contribution is 2.45. The first-order valence-electron chi connectivity index (χ1n) is 7.43. The van der Waals surface area contributed by atoms with Gasteiger partial charge in [-0.25, -0.2) is 19.9 Å². The molecule has 2 aromatic heterocycles. The van der Waals surface area contributed by atoms with Gasteiger partial charge in [0.2, 0.25) is 5.88 Å². The zero-order valence-corrected chi connectivity index (χ0v) is 14.4. The minimum atomic E-state index is -4.54. The quantitative estimate of drug-likeness (QED) is 0.584. The summed E-state index contributed by atoms with van der Waals surface area (Å²) in [7, 11) is 1.47. The second-order valence-electron chi connectivity index (χ2n) is 5.51. The van der Waals surface area contributed by atoms with Gasteiger partial charge in [-0.2, -0.15) is 13.2 Å². The van der Waals surface area contributed by atoms with E-state index in [0.717, 1.165) is 36.5 Å². The number of methoxy groups -OCH3 is 1. The summed E-state index contributed by atoms with van der Waals surface area (Å²) in [5, 5.41) is 0.194. The third-order valence-corrected chi connectivity index (χ3v) is 4.54. The lowest BCUT2D eigenvalue weighted by molar-refractivity contribution is -0.0688. The van der Waals surface area contributed by atoms with Crippen molar-refractivity contribution in [1.82, 2.24) is 19.9 Å². The van der Waals surface area contributed by atoms with Crippen LogP contribution in [0.2, 0.25) is 0 Å². The molecule has 3 rings (SSSR count). The molecule has 2 aromatic rings. The Balaban J connectivity index is 2.12. The van der Waals surface area contributed by atoms with E-state index in [1.165, 1.54) is 13.4 Å². The van der Waals surface area contributed by atoms with Crippen LogP contribution in [0.15, 0.2) is 24.1 Å². The maximum absolute atomic E-state index is 13.0. The molecule has 9 heteroatoms. The number of nitrogens with zero attached hydrogens (tertiary/aromatic N) is 4. The Morgan fingerprint density at radius 2 is 2.00 bits per heavy atom. The van der Waals surface area contributed by atoms with Crippen molar-refractivity contribution < 1.29 is 17.9 Å². The molecule has 0 radical (unpaired) electrons. The summed E-state index contributed by atoms with van der Waals surface area (Å²) in [6.45, 7) is 3.13. The molecule has 2 heterocycles. The monoisotopic (exact) mass is 368 g/mol. The van der Waals surface area contributed by atoms with Gasteiger partial charge in [0.15, 0.2) is 5.82 Å². The maximum atomic E-state index is 13.0. The molecular formula is C16H15F3N4OS. The summed E-state index contributed by atoms with van der Waals surface area (Å²) >= 11 is 1.10. The van der Waals surface area contributed by atoms with Gasteiger partial charge in [0, 0.05) is 17.7 Å². The minimum absolute atomic E-state index is 0.132. The standard InChI is InChI=1S/C16H15F3N4OS/c1-8(16(17,18)19)10-6-20-13(23-15(10)25-3)11-12(9-4-5-9)21-7-22-14(11)24-2/h6-7,9H,1,4-5H2,2-3H3. The third-order valence-electron chi connectivity index (χ3n) is 3.84. The van der Waals surface area contributed by atoms with Crippen molar-refractivity contribution in [2.24, 2.45) is 0 Å². The van der Waals surface area contributed by atoms with Gasteiger partial charge in [-0.3, -0.25) is 0 Å². The predicted octanol–water partition coefficient (Wildman–Crippen LogP) is 4.12. The highest BCUT2D eigenvalue weighted by atomic mass is 32.2. The molecule has 0 aliphatic heterocycles. The van der Waals surface area contributed by atoms with Gasteiger partial charge in [-0.1, -0.05) is 6.58 Å². The predicted molar refractivity (Wildman–Crippen MR) is 88.5 cm³/mol. The van der Waals surface area contributed by atoms with Crippen LogP contribution in [0.4, 0.5) is 13.2 Å². The third kappa shape index (κ3) is 3.46. The van der Waals surface area contributed by atoms with E-state index in [-0.39, 0.29) is 22.3 Å². The van der Waals surface area contributed by atoms with Crippen LogP contribution in [0.5, 0.6) is 5.88 Å². The molecule has 0 unspecified atom stereocenters. The van der Waals surface area contributed by atoms with Crippen LogP contribution in [-0.4, -0.2) is 39.5 Å². The van der Waals surface area contributed by atoms with Gasteiger partial charge >= 0.3 is 6.18 Å². The number of allylic oxidation sites excluding steroid dienone is 1. The van der Waals surface area contributed by atoms with E-state index >= 15 is 0 Å². The number of ether oxygens (including phenoxy) is 1. The molecule has 0 N–H and O–H groups in total. The van der Waals surface area contributed by atoms with Gasteiger partial charge in [-0.05, 0) is 19.1 Å². The molecule has 0 spiro atoms. The molecule has 1 saturated carbocycles. The Hall–Kier alpha value is -2.16. The smallest absolute Gasteiger partial charge is 0.416 e. The maximum Gasteiger partial charge on any atom is 0.416 e. The zero-order valence-electron chi connectivity index (χ0n) is 13.6. The molecule has 0 bridgehead atoms. The number of rotatable bonds is 5. The van der Waals surface area contributed by atoms with Crippen LogP contribution >= 0.6 is 11.8 Å². The largest absolute Gasteiger partial charge is 0.480 e. The van der Waals surface area contributed by atoms with E-state index in [0.29, 0.717) is 11.4 Å². The lowest BCUT2D eigenvalue weighted by Crippen LogP contribution is -2.12. The molecule has 1 aliphatic rings. The number of hydrogen-bond donors (Lipinski definition) is 0. The van der Waals surface area contributed by atoms with E-state index in [9.17, 15) is 13.2 Å². The van der Waals surface area contributed by atoms with E-state index in [2.05, 4.69) is 26.5 Å². The van der Waals surface area contributed by atoms with E-state index in [1.807, 2.05) is 0 Å². The fraction of sp³-hybridized carbons (Fsp3) is 0.375. The number of thioether (sulfide) groups is 1. The van der Waals surface area contributed by atoms with Crippen LogP contribution < -0.4 is 4.74 Å². The first kappa shape index (κ1) is 17.7. The van der Waals surface area contributed by atoms with Crippen molar-refractivity contribution in [2.75, 3.05) is 13.4 Å². The van der Waals surface area contributed by atoms with Gasteiger partial charge in [0.1, 0.15) is 16.9 Å². The normalized spacial score (nSPS) is 14.4. The van der Waals surface area contributed by atoms with Crippen molar-refractivity contribution in [3.63, 3.8) is 0 Å². The van der Waals surface area contributed by atoms with Gasteiger partial charge < -0.3 is 4.74 Å². The average Bonchev–Trinajstić information content (AvgIpc) is 3.44. The number of alkyl halides is 3. The highest BCUT2D eigenvalue weighted by Gasteiger charge is 2.36. The molecule has 25 heavy (non-hydrogen) atoms. The topological polar surface area (TPSA) is 60.8 Å². The van der Waals surface area contributed by atoms with Gasteiger partial charge in [0.05, 0.1) is 18.4 Å². The number of hydrogen-bond acceptors (Lipinski definition) is 6. The zero-order chi connectivity index (χ0) is 18.2. The van der Waals surface area contributed by atoms with Crippen molar-refractivity contribution in [3.05, 3.63) is 30.4 Å². The lowest BCUT2D eigenvalue weighted by Gasteiger charge is -2.15. The van der Waals surface area contributed by atoms with Crippen molar-refractivity contribution in [3.8, 4) is 17.3 Å². The first-order chi connectivity index (χ1) is 11.9. The summed E-state index contributed by atoms with van der Waals surface area (Å²) in [6, 6.07) is 0. The molecule has 0 amide bonds. The first-order valence-corrected chi connectivity index (χ1v) is 8.66. The average molecular weight is 368 g/mol. The van der Waals surface area contributed by atoms with Gasteiger partial charge in [-0.15, -0.1) is 11.8 Å². The van der Waals surface area contributed by atoms with E-state index in [1.54, 1.807) is 6.26 Å². The Kier molecular flexibility index (Phi) is 4.68. The van der Waals surface area contributed by atoms with Gasteiger partial charge in [0.25, 0.3) is 0 Å². The molecular weight excluding hydrogens is 353 g/mol. The minimum Gasteiger partial charge on any atom is -0.480 e. The summed E-state index contributed by atoms with van der Waals surface area (Å²) in [6.07, 6.45) is 1.65. The van der Waals surface area contributed by atoms with Crippen molar-refractivity contribution >= 4 is 17.3 Å². The summed E-state index contributed by atoms with van der Waals surface area (Å²) in [4.78, 5) is 16.8. The number of aromatic nitrogens is 4. The molecule has 0 atom stereocenters. The summed E-state index contributed by atoms with van der Waals surface area (Å²) in [5.74, 6) is 0.840. The summed E-state index contributed by atoms with van der Waals surface area (Å²) < 4.78 is 44.2. The van der Waals surface area contributed by atoms with Crippen LogP contribution in [0, 0.1) is 0 Å². The SMILES string of the molecule is C=C(c1cnc(-c2c(OC)ncnc2C2CC2)nc1SC)C(F)(F)F. The van der Waals surface area contributed by atoms with E-state index < -0.39 is 11.7 Å². The second kappa shape index (κ2) is 6.62. The van der Waals surface area contributed by atoms with Crippen LogP contribution in [0.1, 0.15) is 30.0 Å². The Bertz CT molecular complexity index is 822. The molecule has 1 aliphatic carbocycles. The lowest BCUT2D eigenvalue weighted by atomic mass is 10.1. The molecule has 132 valence electrons.